The monoisotopic (exact) mass is 272 g/mol. The van der Waals surface area contributed by atoms with Gasteiger partial charge in [-0.3, -0.25) is 0 Å². The number of hydrogen-bond acceptors (Lipinski definition) is 3. The van der Waals surface area contributed by atoms with Crippen molar-refractivity contribution in [1.29, 1.82) is 0 Å². The van der Waals surface area contributed by atoms with Crippen LogP contribution < -0.4 is 5.73 Å². The van der Waals surface area contributed by atoms with Gasteiger partial charge in [-0.25, -0.2) is 12.8 Å². The predicted octanol–water partition coefficient (Wildman–Crippen LogP) is 1.33. The average molecular weight is 272 g/mol. The molecule has 18 heavy (non-hydrogen) atoms. The van der Waals surface area contributed by atoms with Gasteiger partial charge in [0.15, 0.2) is 0 Å². The second kappa shape index (κ2) is 5.34. The molecular weight excluding hydrogens is 255 g/mol. The van der Waals surface area contributed by atoms with E-state index in [1.54, 1.807) is 0 Å². The third kappa shape index (κ3) is 2.88. The van der Waals surface area contributed by atoms with Crippen LogP contribution in [0.2, 0.25) is 0 Å². The van der Waals surface area contributed by atoms with E-state index in [0.717, 1.165) is 18.9 Å². The maximum atomic E-state index is 13.1. The number of nitrogens with zero attached hydrogens (tertiary/aromatic N) is 1. The molecule has 1 aliphatic rings. The first-order valence-electron chi connectivity index (χ1n) is 6.03. The highest BCUT2D eigenvalue weighted by atomic mass is 32.2. The highest BCUT2D eigenvalue weighted by Crippen LogP contribution is 2.32. The van der Waals surface area contributed by atoms with Crippen LogP contribution in [0, 0.1) is 5.82 Å². The topological polar surface area (TPSA) is 63.4 Å². The number of sulfonamides is 1. The van der Waals surface area contributed by atoms with Crippen molar-refractivity contribution in [2.24, 2.45) is 5.73 Å². The zero-order chi connectivity index (χ0) is 13.2. The molecule has 0 saturated heterocycles. The van der Waals surface area contributed by atoms with E-state index in [0.29, 0.717) is 19.5 Å². The van der Waals surface area contributed by atoms with Crippen LogP contribution in [0.15, 0.2) is 29.2 Å². The summed E-state index contributed by atoms with van der Waals surface area (Å²) >= 11 is 0. The molecular formula is C12H17FN2O2S. The molecule has 0 atom stereocenters. The summed E-state index contributed by atoms with van der Waals surface area (Å²) in [6.45, 7) is 0.849. The third-order valence-electron chi connectivity index (χ3n) is 2.94. The van der Waals surface area contributed by atoms with Crippen molar-refractivity contribution >= 4 is 10.0 Å². The molecule has 0 aliphatic heterocycles. The van der Waals surface area contributed by atoms with Crippen molar-refractivity contribution in [3.63, 3.8) is 0 Å². The van der Waals surface area contributed by atoms with Gasteiger partial charge in [0.1, 0.15) is 5.82 Å². The van der Waals surface area contributed by atoms with Crippen LogP contribution in [0.3, 0.4) is 0 Å². The van der Waals surface area contributed by atoms with Gasteiger partial charge >= 0.3 is 0 Å². The fourth-order valence-corrected chi connectivity index (χ4v) is 3.63. The van der Waals surface area contributed by atoms with Gasteiger partial charge in [0.2, 0.25) is 10.0 Å². The van der Waals surface area contributed by atoms with Crippen molar-refractivity contribution in [2.45, 2.75) is 30.2 Å². The summed E-state index contributed by atoms with van der Waals surface area (Å²) in [6, 6.07) is 5.20. The number of benzene rings is 1. The molecule has 1 aliphatic carbocycles. The van der Waals surface area contributed by atoms with Crippen LogP contribution in [0.1, 0.15) is 19.3 Å². The van der Waals surface area contributed by atoms with Gasteiger partial charge in [-0.05, 0) is 44.0 Å². The molecule has 0 bridgehead atoms. The van der Waals surface area contributed by atoms with E-state index in [1.165, 1.54) is 22.5 Å². The maximum absolute atomic E-state index is 13.1. The van der Waals surface area contributed by atoms with Crippen LogP contribution >= 0.6 is 0 Å². The van der Waals surface area contributed by atoms with Gasteiger partial charge in [0, 0.05) is 12.6 Å². The lowest BCUT2D eigenvalue weighted by atomic mass is 10.4. The molecule has 6 heteroatoms. The molecule has 0 radical (unpaired) electrons. The first-order valence-corrected chi connectivity index (χ1v) is 7.47. The van der Waals surface area contributed by atoms with Gasteiger partial charge < -0.3 is 5.73 Å². The highest BCUT2D eigenvalue weighted by Gasteiger charge is 2.37. The van der Waals surface area contributed by atoms with E-state index in [-0.39, 0.29) is 10.9 Å². The zero-order valence-electron chi connectivity index (χ0n) is 10.0. The molecule has 1 fully saturated rings. The fraction of sp³-hybridized carbons (Fsp3) is 0.500. The standard InChI is InChI=1S/C12H17FN2O2S/c13-10-3-1-4-12(9-10)18(16,17)15(8-2-7-14)11-5-6-11/h1,3-4,9,11H,2,5-8,14H2. The van der Waals surface area contributed by atoms with Gasteiger partial charge in [-0.15, -0.1) is 0 Å². The van der Waals surface area contributed by atoms with E-state index in [2.05, 4.69) is 0 Å². The van der Waals surface area contributed by atoms with Crippen molar-refractivity contribution in [3.05, 3.63) is 30.1 Å². The molecule has 0 aromatic heterocycles. The third-order valence-corrected chi connectivity index (χ3v) is 4.89. The Hall–Kier alpha value is -0.980. The smallest absolute Gasteiger partial charge is 0.243 e. The summed E-state index contributed by atoms with van der Waals surface area (Å²) in [5.74, 6) is -0.536. The Balaban J connectivity index is 2.27. The number of nitrogens with two attached hydrogens (primary N) is 1. The second-order valence-electron chi connectivity index (χ2n) is 4.45. The summed E-state index contributed by atoms with van der Waals surface area (Å²) in [7, 11) is -3.59. The van der Waals surface area contributed by atoms with E-state index in [1.807, 2.05) is 0 Å². The van der Waals surface area contributed by atoms with Crippen molar-refractivity contribution in [2.75, 3.05) is 13.1 Å². The Morgan fingerprint density at radius 2 is 2.11 bits per heavy atom. The van der Waals surface area contributed by atoms with E-state index >= 15 is 0 Å². The minimum Gasteiger partial charge on any atom is -0.330 e. The molecule has 100 valence electrons. The van der Waals surface area contributed by atoms with E-state index < -0.39 is 15.8 Å². The second-order valence-corrected chi connectivity index (χ2v) is 6.34. The lowest BCUT2D eigenvalue weighted by molar-refractivity contribution is 0.399. The molecule has 4 nitrogen and oxygen atoms in total. The SMILES string of the molecule is NCCCN(C1CC1)S(=O)(=O)c1cccc(F)c1. The number of hydrogen-bond donors (Lipinski definition) is 1. The Morgan fingerprint density at radius 1 is 1.39 bits per heavy atom. The Bertz CT molecular complexity index is 515. The first kappa shape index (κ1) is 13.5. The molecule has 0 amide bonds. The Kier molecular flexibility index (Phi) is 3.99. The highest BCUT2D eigenvalue weighted by molar-refractivity contribution is 7.89. The molecule has 2 N–H and O–H groups in total. The fourth-order valence-electron chi connectivity index (χ4n) is 1.87. The minimum atomic E-state index is -3.59. The Labute approximate surface area is 107 Å². The predicted molar refractivity (Wildman–Crippen MR) is 67.0 cm³/mol. The number of halogens is 1. The maximum Gasteiger partial charge on any atom is 0.243 e. The molecule has 1 saturated carbocycles. The van der Waals surface area contributed by atoms with Gasteiger partial charge in [-0.2, -0.15) is 4.31 Å². The molecule has 0 spiro atoms. The Morgan fingerprint density at radius 3 is 2.67 bits per heavy atom. The average Bonchev–Trinajstić information content (AvgIpc) is 3.14. The molecule has 2 rings (SSSR count). The lowest BCUT2D eigenvalue weighted by Crippen LogP contribution is -2.35. The van der Waals surface area contributed by atoms with Gasteiger partial charge in [0.05, 0.1) is 4.90 Å². The quantitative estimate of drug-likeness (QED) is 0.849. The van der Waals surface area contributed by atoms with Crippen molar-refractivity contribution < 1.29 is 12.8 Å². The van der Waals surface area contributed by atoms with Crippen LogP contribution in [0.25, 0.3) is 0 Å². The summed E-state index contributed by atoms with van der Waals surface area (Å²) < 4.78 is 39.4. The zero-order valence-corrected chi connectivity index (χ0v) is 10.9. The molecule has 1 aromatic rings. The largest absolute Gasteiger partial charge is 0.330 e. The number of rotatable bonds is 6. The van der Waals surface area contributed by atoms with Gasteiger partial charge in [0.25, 0.3) is 0 Å². The van der Waals surface area contributed by atoms with Crippen LogP contribution in [0.5, 0.6) is 0 Å². The molecule has 0 heterocycles. The summed E-state index contributed by atoms with van der Waals surface area (Å²) in [5.41, 5.74) is 5.42. The molecule has 0 unspecified atom stereocenters. The van der Waals surface area contributed by atoms with Gasteiger partial charge in [-0.1, -0.05) is 6.07 Å². The van der Waals surface area contributed by atoms with Crippen molar-refractivity contribution in [3.8, 4) is 0 Å². The summed E-state index contributed by atoms with van der Waals surface area (Å²) in [4.78, 5) is 0.0198. The van der Waals surface area contributed by atoms with Crippen LogP contribution in [-0.2, 0) is 10.0 Å². The molecule has 1 aromatic carbocycles. The minimum absolute atomic E-state index is 0.0198. The van der Waals surface area contributed by atoms with E-state index in [4.69, 9.17) is 5.73 Å². The van der Waals surface area contributed by atoms with E-state index in [9.17, 15) is 12.8 Å². The van der Waals surface area contributed by atoms with Crippen molar-refractivity contribution in [1.82, 2.24) is 4.31 Å². The van der Waals surface area contributed by atoms with Crippen LogP contribution in [-0.4, -0.2) is 31.9 Å². The lowest BCUT2D eigenvalue weighted by Gasteiger charge is -2.21. The normalized spacial score (nSPS) is 16.2. The first-order chi connectivity index (χ1) is 8.55. The summed E-state index contributed by atoms with van der Waals surface area (Å²) in [5, 5.41) is 0. The summed E-state index contributed by atoms with van der Waals surface area (Å²) in [6.07, 6.45) is 2.36. The van der Waals surface area contributed by atoms with Crippen LogP contribution in [0.4, 0.5) is 4.39 Å².